The molecule has 0 spiro atoms. The van der Waals surface area contributed by atoms with E-state index >= 15 is 0 Å². The van der Waals surface area contributed by atoms with Gasteiger partial charge in [-0.3, -0.25) is 4.79 Å². The highest BCUT2D eigenvalue weighted by Crippen LogP contribution is 2.21. The van der Waals surface area contributed by atoms with Gasteiger partial charge in [-0.15, -0.1) is 0 Å². The summed E-state index contributed by atoms with van der Waals surface area (Å²) in [6.07, 6.45) is 1.74. The molecule has 1 aliphatic heterocycles. The minimum atomic E-state index is 0.111. The molecule has 6 nitrogen and oxygen atoms in total. The van der Waals surface area contributed by atoms with E-state index in [9.17, 15) is 4.79 Å². The van der Waals surface area contributed by atoms with Crippen molar-refractivity contribution in [2.24, 2.45) is 5.73 Å². The fraction of sp³-hybridized carbons (Fsp3) is 0.643. The number of aryl methyl sites for hydroxylation is 1. The molecule has 2 N–H and O–H groups in total. The molecule has 1 amide bonds. The van der Waals surface area contributed by atoms with E-state index in [1.807, 2.05) is 24.9 Å². The first-order chi connectivity index (χ1) is 9.51. The van der Waals surface area contributed by atoms with Crippen molar-refractivity contribution in [2.75, 3.05) is 31.6 Å². The third-order valence-electron chi connectivity index (χ3n) is 3.81. The molecular weight excluding hydrogens is 254 g/mol. The molecule has 1 aromatic rings. The molecule has 6 heteroatoms. The second kappa shape index (κ2) is 6.17. The first-order valence-corrected chi connectivity index (χ1v) is 7.04. The predicted octanol–water partition coefficient (Wildman–Crippen LogP) is 0.343. The molecular formula is C14H23N5O. The van der Waals surface area contributed by atoms with Crippen LogP contribution in [0.25, 0.3) is 0 Å². The van der Waals surface area contributed by atoms with Crippen LogP contribution >= 0.6 is 0 Å². The lowest BCUT2D eigenvalue weighted by atomic mass is 10.2. The van der Waals surface area contributed by atoms with E-state index in [0.717, 1.165) is 43.3 Å². The SMILES string of the molecule is CC(=O)N(C)C1CCN(c2cc(CCN)nc(C)n2)C1. The number of carbonyl (C=O) groups excluding carboxylic acids is 1. The Kier molecular flexibility index (Phi) is 4.54. The van der Waals surface area contributed by atoms with E-state index < -0.39 is 0 Å². The number of hydrogen-bond acceptors (Lipinski definition) is 5. The van der Waals surface area contributed by atoms with E-state index in [0.29, 0.717) is 6.54 Å². The van der Waals surface area contributed by atoms with Gasteiger partial charge in [-0.2, -0.15) is 0 Å². The molecule has 1 aliphatic rings. The summed E-state index contributed by atoms with van der Waals surface area (Å²) in [4.78, 5) is 24.4. The summed E-state index contributed by atoms with van der Waals surface area (Å²) in [5, 5.41) is 0. The molecule has 1 unspecified atom stereocenters. The summed E-state index contributed by atoms with van der Waals surface area (Å²) in [7, 11) is 1.86. The summed E-state index contributed by atoms with van der Waals surface area (Å²) >= 11 is 0. The van der Waals surface area contributed by atoms with Crippen molar-refractivity contribution in [1.29, 1.82) is 0 Å². The molecule has 2 rings (SSSR count). The average Bonchev–Trinajstić information content (AvgIpc) is 2.87. The highest BCUT2D eigenvalue weighted by molar-refractivity contribution is 5.73. The van der Waals surface area contributed by atoms with E-state index in [1.165, 1.54) is 0 Å². The summed E-state index contributed by atoms with van der Waals surface area (Å²) < 4.78 is 0. The largest absolute Gasteiger partial charge is 0.354 e. The van der Waals surface area contributed by atoms with Gasteiger partial charge in [-0.05, 0) is 19.9 Å². The van der Waals surface area contributed by atoms with Crippen LogP contribution in [-0.2, 0) is 11.2 Å². The number of rotatable bonds is 4. The zero-order valence-corrected chi connectivity index (χ0v) is 12.5. The summed E-state index contributed by atoms with van der Waals surface area (Å²) in [5.74, 6) is 1.83. The summed E-state index contributed by atoms with van der Waals surface area (Å²) in [6, 6.07) is 2.27. The van der Waals surface area contributed by atoms with E-state index in [1.54, 1.807) is 6.92 Å². The van der Waals surface area contributed by atoms with Crippen LogP contribution in [0, 0.1) is 6.92 Å². The van der Waals surface area contributed by atoms with Crippen molar-refractivity contribution >= 4 is 11.7 Å². The predicted molar refractivity (Wildman–Crippen MR) is 78.6 cm³/mol. The van der Waals surface area contributed by atoms with Crippen LogP contribution in [0.4, 0.5) is 5.82 Å². The number of hydrogen-bond donors (Lipinski definition) is 1. The quantitative estimate of drug-likeness (QED) is 0.859. The normalized spacial score (nSPS) is 18.4. The smallest absolute Gasteiger partial charge is 0.219 e. The van der Waals surface area contributed by atoms with Crippen molar-refractivity contribution in [3.63, 3.8) is 0 Å². The highest BCUT2D eigenvalue weighted by Gasteiger charge is 2.28. The van der Waals surface area contributed by atoms with Gasteiger partial charge < -0.3 is 15.5 Å². The number of amides is 1. The van der Waals surface area contributed by atoms with Gasteiger partial charge in [-0.25, -0.2) is 9.97 Å². The molecule has 1 aromatic heterocycles. The van der Waals surface area contributed by atoms with Crippen molar-refractivity contribution in [1.82, 2.24) is 14.9 Å². The van der Waals surface area contributed by atoms with Gasteiger partial charge in [0.15, 0.2) is 0 Å². The van der Waals surface area contributed by atoms with Crippen LogP contribution < -0.4 is 10.6 Å². The minimum absolute atomic E-state index is 0.111. The second-order valence-corrected chi connectivity index (χ2v) is 5.32. The molecule has 2 heterocycles. The lowest BCUT2D eigenvalue weighted by Crippen LogP contribution is -2.37. The molecule has 0 saturated carbocycles. The maximum absolute atomic E-state index is 11.4. The van der Waals surface area contributed by atoms with Crippen LogP contribution in [-0.4, -0.2) is 53.5 Å². The fourth-order valence-corrected chi connectivity index (χ4v) is 2.57. The minimum Gasteiger partial charge on any atom is -0.354 e. The lowest BCUT2D eigenvalue weighted by Gasteiger charge is -2.24. The average molecular weight is 277 g/mol. The maximum Gasteiger partial charge on any atom is 0.219 e. The van der Waals surface area contributed by atoms with Gasteiger partial charge in [-0.1, -0.05) is 0 Å². The fourth-order valence-electron chi connectivity index (χ4n) is 2.57. The number of aromatic nitrogens is 2. The van der Waals surface area contributed by atoms with E-state index in [2.05, 4.69) is 14.9 Å². The molecule has 0 radical (unpaired) electrons. The Morgan fingerprint density at radius 1 is 1.55 bits per heavy atom. The Morgan fingerprint density at radius 2 is 2.30 bits per heavy atom. The first kappa shape index (κ1) is 14.7. The molecule has 1 fully saturated rings. The van der Waals surface area contributed by atoms with Crippen LogP contribution in [0.2, 0.25) is 0 Å². The van der Waals surface area contributed by atoms with Gasteiger partial charge in [0, 0.05) is 45.2 Å². The van der Waals surface area contributed by atoms with Gasteiger partial charge >= 0.3 is 0 Å². The third-order valence-corrected chi connectivity index (χ3v) is 3.81. The molecule has 1 atom stereocenters. The van der Waals surface area contributed by atoms with Gasteiger partial charge in [0.05, 0.1) is 6.04 Å². The standard InChI is InChI=1S/C14H23N5O/c1-10-16-12(4-6-15)8-14(17-10)19-7-5-13(9-19)18(3)11(2)20/h8,13H,4-7,9,15H2,1-3H3. The van der Waals surface area contributed by atoms with E-state index in [-0.39, 0.29) is 11.9 Å². The Balaban J connectivity index is 2.11. The maximum atomic E-state index is 11.4. The van der Waals surface area contributed by atoms with Crippen LogP contribution in [0.1, 0.15) is 24.9 Å². The number of carbonyl (C=O) groups is 1. The lowest BCUT2D eigenvalue weighted by molar-refractivity contribution is -0.129. The van der Waals surface area contributed by atoms with Crippen molar-refractivity contribution in [2.45, 2.75) is 32.7 Å². The molecule has 1 saturated heterocycles. The van der Waals surface area contributed by atoms with Crippen molar-refractivity contribution < 1.29 is 4.79 Å². The zero-order valence-electron chi connectivity index (χ0n) is 12.5. The topological polar surface area (TPSA) is 75.4 Å². The van der Waals surface area contributed by atoms with Crippen molar-refractivity contribution in [3.05, 3.63) is 17.6 Å². The van der Waals surface area contributed by atoms with Crippen LogP contribution in [0.5, 0.6) is 0 Å². The van der Waals surface area contributed by atoms with Gasteiger partial charge in [0.1, 0.15) is 11.6 Å². The second-order valence-electron chi connectivity index (χ2n) is 5.32. The zero-order chi connectivity index (χ0) is 14.7. The first-order valence-electron chi connectivity index (χ1n) is 7.04. The molecule has 0 bridgehead atoms. The Bertz CT molecular complexity index is 490. The van der Waals surface area contributed by atoms with Gasteiger partial charge in [0.25, 0.3) is 0 Å². The van der Waals surface area contributed by atoms with E-state index in [4.69, 9.17) is 5.73 Å². The van der Waals surface area contributed by atoms with Crippen LogP contribution in [0.15, 0.2) is 6.07 Å². The Labute approximate surface area is 120 Å². The molecule has 0 aromatic carbocycles. The number of anilines is 1. The summed E-state index contributed by atoms with van der Waals surface area (Å²) in [6.45, 7) is 5.84. The molecule has 110 valence electrons. The number of nitrogens with zero attached hydrogens (tertiary/aromatic N) is 4. The summed E-state index contributed by atoms with van der Waals surface area (Å²) in [5.41, 5.74) is 6.58. The Hall–Kier alpha value is -1.69. The highest BCUT2D eigenvalue weighted by atomic mass is 16.2. The number of nitrogens with two attached hydrogens (primary N) is 1. The molecule has 20 heavy (non-hydrogen) atoms. The van der Waals surface area contributed by atoms with Crippen molar-refractivity contribution in [3.8, 4) is 0 Å². The Morgan fingerprint density at radius 3 is 2.95 bits per heavy atom. The number of likely N-dealkylation sites (N-methyl/N-ethyl adjacent to an activating group) is 1. The third kappa shape index (κ3) is 3.25. The monoisotopic (exact) mass is 277 g/mol. The van der Waals surface area contributed by atoms with Crippen LogP contribution in [0.3, 0.4) is 0 Å². The molecule has 0 aliphatic carbocycles. The van der Waals surface area contributed by atoms with Gasteiger partial charge in [0.2, 0.25) is 5.91 Å².